The fraction of sp³-hybridized carbons (Fsp3) is 0.700. The van der Waals surface area contributed by atoms with Crippen LogP contribution in [0.3, 0.4) is 0 Å². The molecule has 1 saturated carbocycles. The summed E-state index contributed by atoms with van der Waals surface area (Å²) in [5.74, 6) is 0. The van der Waals surface area contributed by atoms with Gasteiger partial charge in [-0.05, 0) is 43.2 Å². The van der Waals surface area contributed by atoms with E-state index in [0.717, 1.165) is 13.0 Å². The Labute approximate surface area is 78.9 Å². The molecule has 0 unspecified atom stereocenters. The van der Waals surface area contributed by atoms with Gasteiger partial charge in [-0.2, -0.15) is 5.10 Å². The predicted molar refractivity (Wildman–Crippen MR) is 52.3 cm³/mol. The number of hydrogen-bond donors (Lipinski definition) is 1. The van der Waals surface area contributed by atoms with Crippen molar-refractivity contribution in [3.8, 4) is 0 Å². The van der Waals surface area contributed by atoms with Crippen molar-refractivity contribution in [3.05, 3.63) is 18.0 Å². The third-order valence-corrected chi connectivity index (χ3v) is 3.09. The minimum Gasteiger partial charge on any atom is -0.330 e. The maximum Gasteiger partial charge on any atom is 0.0521 e. The van der Waals surface area contributed by atoms with Gasteiger partial charge >= 0.3 is 0 Å². The molecule has 72 valence electrons. The number of nitrogens with two attached hydrogens (primary N) is 1. The van der Waals surface area contributed by atoms with Crippen molar-refractivity contribution in [1.29, 1.82) is 0 Å². The normalized spacial score (nSPS) is 18.9. The van der Waals surface area contributed by atoms with E-state index in [2.05, 4.69) is 11.3 Å². The lowest BCUT2D eigenvalue weighted by atomic mass is 9.98. The van der Waals surface area contributed by atoms with E-state index in [9.17, 15) is 0 Å². The van der Waals surface area contributed by atoms with Gasteiger partial charge in [0.15, 0.2) is 0 Å². The van der Waals surface area contributed by atoms with Crippen LogP contribution in [0.2, 0.25) is 0 Å². The topological polar surface area (TPSA) is 43.8 Å². The van der Waals surface area contributed by atoms with E-state index in [0.29, 0.717) is 5.41 Å². The van der Waals surface area contributed by atoms with E-state index >= 15 is 0 Å². The average molecular weight is 179 g/mol. The minimum atomic E-state index is 0.496. The molecule has 1 fully saturated rings. The Balaban J connectivity index is 1.86. The summed E-state index contributed by atoms with van der Waals surface area (Å²) in [7, 11) is 1.96. The Morgan fingerprint density at radius 3 is 2.85 bits per heavy atom. The van der Waals surface area contributed by atoms with Crippen LogP contribution < -0.4 is 5.73 Å². The van der Waals surface area contributed by atoms with Gasteiger partial charge < -0.3 is 5.73 Å². The predicted octanol–water partition coefficient (Wildman–Crippen LogP) is 1.09. The van der Waals surface area contributed by atoms with Crippen molar-refractivity contribution in [2.24, 2.45) is 18.2 Å². The number of aromatic nitrogens is 2. The summed E-state index contributed by atoms with van der Waals surface area (Å²) in [6, 6.07) is 0. The standard InChI is InChI=1S/C10H17N3/c1-13-7-9(6-12-13)2-3-10(8-11)4-5-10/h6-7H,2-5,8,11H2,1H3. The first-order valence-electron chi connectivity index (χ1n) is 4.92. The maximum atomic E-state index is 5.72. The molecule has 0 bridgehead atoms. The number of aryl methyl sites for hydroxylation is 2. The second kappa shape index (κ2) is 3.14. The zero-order valence-electron chi connectivity index (χ0n) is 8.16. The molecule has 0 amide bonds. The van der Waals surface area contributed by atoms with E-state index in [4.69, 9.17) is 5.73 Å². The van der Waals surface area contributed by atoms with Crippen LogP contribution in [0.5, 0.6) is 0 Å². The molecule has 0 aliphatic heterocycles. The van der Waals surface area contributed by atoms with Crippen molar-refractivity contribution in [2.45, 2.75) is 25.7 Å². The number of rotatable bonds is 4. The summed E-state index contributed by atoms with van der Waals surface area (Å²) >= 11 is 0. The molecule has 0 atom stereocenters. The molecule has 1 heterocycles. The summed E-state index contributed by atoms with van der Waals surface area (Å²) in [5.41, 5.74) is 7.55. The smallest absolute Gasteiger partial charge is 0.0521 e. The molecule has 1 aromatic rings. The molecule has 2 N–H and O–H groups in total. The molecule has 1 aliphatic carbocycles. The third kappa shape index (κ3) is 1.91. The zero-order valence-corrected chi connectivity index (χ0v) is 8.16. The lowest BCUT2D eigenvalue weighted by Gasteiger charge is -2.09. The summed E-state index contributed by atoms with van der Waals surface area (Å²) in [6.07, 6.45) is 9.05. The van der Waals surface area contributed by atoms with Gasteiger partial charge in [-0.1, -0.05) is 0 Å². The van der Waals surface area contributed by atoms with Crippen molar-refractivity contribution < 1.29 is 0 Å². The van der Waals surface area contributed by atoms with E-state index in [1.165, 1.54) is 24.8 Å². The van der Waals surface area contributed by atoms with Crippen LogP contribution in [0, 0.1) is 5.41 Å². The van der Waals surface area contributed by atoms with E-state index in [-0.39, 0.29) is 0 Å². The molecule has 2 rings (SSSR count). The molecule has 3 nitrogen and oxygen atoms in total. The van der Waals surface area contributed by atoms with Gasteiger partial charge in [-0.25, -0.2) is 0 Å². The molecule has 1 aliphatic rings. The van der Waals surface area contributed by atoms with Crippen molar-refractivity contribution in [1.82, 2.24) is 9.78 Å². The quantitative estimate of drug-likeness (QED) is 0.752. The van der Waals surface area contributed by atoms with Crippen LogP contribution in [-0.4, -0.2) is 16.3 Å². The third-order valence-electron chi connectivity index (χ3n) is 3.09. The molecule has 0 spiro atoms. The summed E-state index contributed by atoms with van der Waals surface area (Å²) in [5, 5.41) is 4.15. The number of nitrogens with zero attached hydrogens (tertiary/aromatic N) is 2. The second-order valence-corrected chi connectivity index (χ2v) is 4.23. The molecule has 0 radical (unpaired) electrons. The lowest BCUT2D eigenvalue weighted by Crippen LogP contribution is -2.15. The van der Waals surface area contributed by atoms with Crippen LogP contribution >= 0.6 is 0 Å². The monoisotopic (exact) mass is 179 g/mol. The first-order valence-corrected chi connectivity index (χ1v) is 4.92. The SMILES string of the molecule is Cn1cc(CCC2(CN)CC2)cn1. The van der Waals surface area contributed by atoms with Crippen molar-refractivity contribution in [2.75, 3.05) is 6.54 Å². The molecular weight excluding hydrogens is 162 g/mol. The van der Waals surface area contributed by atoms with E-state index in [1.54, 1.807) is 0 Å². The van der Waals surface area contributed by atoms with Crippen molar-refractivity contribution >= 4 is 0 Å². The molecule has 0 aromatic carbocycles. The van der Waals surface area contributed by atoms with E-state index < -0.39 is 0 Å². The van der Waals surface area contributed by atoms with Crippen molar-refractivity contribution in [3.63, 3.8) is 0 Å². The van der Waals surface area contributed by atoms with Gasteiger partial charge in [-0.3, -0.25) is 4.68 Å². The summed E-state index contributed by atoms with van der Waals surface area (Å²) in [4.78, 5) is 0. The Hall–Kier alpha value is -0.830. The highest BCUT2D eigenvalue weighted by Crippen LogP contribution is 2.48. The summed E-state index contributed by atoms with van der Waals surface area (Å²) in [6.45, 7) is 0.854. The molecule has 1 aromatic heterocycles. The highest BCUT2D eigenvalue weighted by molar-refractivity contribution is 5.06. The van der Waals surface area contributed by atoms with Crippen LogP contribution in [0.1, 0.15) is 24.8 Å². The first kappa shape index (κ1) is 8.75. The van der Waals surface area contributed by atoms with Gasteiger partial charge in [0.1, 0.15) is 0 Å². The number of hydrogen-bond acceptors (Lipinski definition) is 2. The highest BCUT2D eigenvalue weighted by Gasteiger charge is 2.40. The zero-order chi connectivity index (χ0) is 9.31. The van der Waals surface area contributed by atoms with Crippen LogP contribution in [0.15, 0.2) is 12.4 Å². The highest BCUT2D eigenvalue weighted by atomic mass is 15.2. The maximum absolute atomic E-state index is 5.72. The van der Waals surface area contributed by atoms with Crippen LogP contribution in [0.25, 0.3) is 0 Å². The second-order valence-electron chi connectivity index (χ2n) is 4.23. The largest absolute Gasteiger partial charge is 0.330 e. The molecule has 13 heavy (non-hydrogen) atoms. The fourth-order valence-electron chi connectivity index (χ4n) is 1.74. The Kier molecular flexibility index (Phi) is 2.12. The van der Waals surface area contributed by atoms with Gasteiger partial charge in [0, 0.05) is 13.2 Å². The Morgan fingerprint density at radius 2 is 2.38 bits per heavy atom. The molecule has 3 heteroatoms. The van der Waals surface area contributed by atoms with Crippen LogP contribution in [0.4, 0.5) is 0 Å². The van der Waals surface area contributed by atoms with Gasteiger partial charge in [-0.15, -0.1) is 0 Å². The lowest BCUT2D eigenvalue weighted by molar-refractivity contribution is 0.478. The first-order chi connectivity index (χ1) is 6.24. The summed E-state index contributed by atoms with van der Waals surface area (Å²) < 4.78 is 1.86. The van der Waals surface area contributed by atoms with Gasteiger partial charge in [0.05, 0.1) is 6.20 Å². The average Bonchev–Trinajstić information content (AvgIpc) is 2.81. The minimum absolute atomic E-state index is 0.496. The Morgan fingerprint density at radius 1 is 1.62 bits per heavy atom. The Bertz CT molecular complexity index is 286. The van der Waals surface area contributed by atoms with E-state index in [1.807, 2.05) is 17.9 Å². The van der Waals surface area contributed by atoms with Crippen LogP contribution in [-0.2, 0) is 13.5 Å². The van der Waals surface area contributed by atoms with Gasteiger partial charge in [0.2, 0.25) is 0 Å². The van der Waals surface area contributed by atoms with Gasteiger partial charge in [0.25, 0.3) is 0 Å². The fourth-order valence-corrected chi connectivity index (χ4v) is 1.74. The molecular formula is C10H17N3. The molecule has 0 saturated heterocycles.